The number of fused-ring (bicyclic) bond motifs is 9. The molecule has 1 aliphatic carbocycles. The van der Waals surface area contributed by atoms with Gasteiger partial charge < -0.3 is 18.9 Å². The van der Waals surface area contributed by atoms with Gasteiger partial charge in [0.25, 0.3) is 0 Å². The number of para-hydroxylation sites is 5. The molecule has 0 atom stereocenters. The van der Waals surface area contributed by atoms with Crippen LogP contribution in [0.25, 0.3) is 49.4 Å². The number of allylic oxidation sites excluding steroid dienone is 4. The number of hydrogen-bond acceptors (Lipinski definition) is 3. The number of anilines is 3. The van der Waals surface area contributed by atoms with Crippen molar-refractivity contribution in [1.29, 1.82) is 0 Å². The molecule has 3 heterocycles. The third-order valence-electron chi connectivity index (χ3n) is 11.9. The zero-order valence-electron chi connectivity index (χ0n) is 31.1. The molecule has 0 spiro atoms. The summed E-state index contributed by atoms with van der Waals surface area (Å²) in [6, 6.07) is 60.8. The third kappa shape index (κ3) is 5.02. The Morgan fingerprint density at radius 1 is 0.509 bits per heavy atom. The molecule has 8 aromatic carbocycles. The van der Waals surface area contributed by atoms with Crippen LogP contribution in [0.4, 0.5) is 17.1 Å². The van der Waals surface area contributed by atoms with Crippen LogP contribution in [0.1, 0.15) is 12.8 Å². The van der Waals surface area contributed by atoms with Gasteiger partial charge in [0.1, 0.15) is 11.5 Å². The second-order valence-electron chi connectivity index (χ2n) is 15.2. The number of hydrogen-bond donors (Lipinski definition) is 0. The molecule has 0 amide bonds. The molecule has 4 nitrogen and oxygen atoms in total. The third-order valence-corrected chi connectivity index (χ3v) is 11.9. The van der Waals surface area contributed by atoms with Crippen LogP contribution in [0.15, 0.2) is 194 Å². The maximum absolute atomic E-state index is 6.91. The van der Waals surface area contributed by atoms with Crippen LogP contribution in [0.5, 0.6) is 23.0 Å². The predicted molar refractivity (Wildman–Crippen MR) is 236 cm³/mol. The van der Waals surface area contributed by atoms with Crippen LogP contribution >= 0.6 is 0 Å². The van der Waals surface area contributed by atoms with E-state index in [9.17, 15) is 0 Å². The average Bonchev–Trinajstić information content (AvgIpc) is 3.62. The molecular weight excluding hydrogens is 695 g/mol. The fourth-order valence-corrected chi connectivity index (χ4v) is 9.34. The zero-order valence-corrected chi connectivity index (χ0v) is 31.1. The molecule has 0 unspecified atom stereocenters. The summed E-state index contributed by atoms with van der Waals surface area (Å²) in [6.07, 6.45) is 8.89. The summed E-state index contributed by atoms with van der Waals surface area (Å²) < 4.78 is 15.9. The van der Waals surface area contributed by atoms with Crippen LogP contribution in [0.3, 0.4) is 0 Å². The van der Waals surface area contributed by atoms with Crippen molar-refractivity contribution in [3.63, 3.8) is 0 Å². The van der Waals surface area contributed by atoms with Crippen molar-refractivity contribution in [2.24, 2.45) is 0 Å². The SMILES string of the molecule is C1=CCCC(B2c3ccccc3Oc3cc(-c4ccc5cc(-n6c7ccccc7c7ccc8c(c76)Oc6ccccc6N8c6ccccc6)ccc5c4)ccc32)=C1. The first-order chi connectivity index (χ1) is 28.3. The number of rotatable bonds is 4. The van der Waals surface area contributed by atoms with Crippen LogP contribution in [-0.2, 0) is 0 Å². The predicted octanol–water partition coefficient (Wildman–Crippen LogP) is 12.7. The minimum Gasteiger partial charge on any atom is -0.458 e. The lowest BCUT2D eigenvalue weighted by Gasteiger charge is -2.33. The van der Waals surface area contributed by atoms with Crippen molar-refractivity contribution in [2.45, 2.75) is 12.8 Å². The van der Waals surface area contributed by atoms with Gasteiger partial charge in [0.2, 0.25) is 6.71 Å². The fourth-order valence-electron chi connectivity index (χ4n) is 9.34. The number of ether oxygens (including phenoxy) is 2. The van der Waals surface area contributed by atoms with Gasteiger partial charge in [0, 0.05) is 22.1 Å². The first kappa shape index (κ1) is 32.1. The summed E-state index contributed by atoms with van der Waals surface area (Å²) >= 11 is 0. The molecule has 0 fully saturated rings. The number of benzene rings is 8. The van der Waals surface area contributed by atoms with E-state index in [2.05, 4.69) is 191 Å². The van der Waals surface area contributed by atoms with E-state index in [1.54, 1.807) is 0 Å². The van der Waals surface area contributed by atoms with Gasteiger partial charge in [0.05, 0.1) is 22.4 Å². The molecule has 0 saturated heterocycles. The van der Waals surface area contributed by atoms with Crippen molar-refractivity contribution in [3.05, 3.63) is 194 Å². The number of aromatic nitrogens is 1. The summed E-state index contributed by atoms with van der Waals surface area (Å²) in [5.74, 6) is 3.56. The van der Waals surface area contributed by atoms with Gasteiger partial charge in [-0.25, -0.2) is 0 Å². The molecule has 57 heavy (non-hydrogen) atoms. The Bertz CT molecular complexity index is 3160. The van der Waals surface area contributed by atoms with E-state index in [1.807, 2.05) is 6.07 Å². The Labute approximate surface area is 331 Å². The molecule has 3 aliphatic rings. The number of nitrogens with zero attached hydrogens (tertiary/aromatic N) is 2. The van der Waals surface area contributed by atoms with E-state index in [-0.39, 0.29) is 6.71 Å². The van der Waals surface area contributed by atoms with E-state index in [4.69, 9.17) is 9.47 Å². The topological polar surface area (TPSA) is 26.6 Å². The summed E-state index contributed by atoms with van der Waals surface area (Å²) in [6.45, 7) is 0.201. The quantitative estimate of drug-likeness (QED) is 0.169. The summed E-state index contributed by atoms with van der Waals surface area (Å²) in [7, 11) is 0. The highest BCUT2D eigenvalue weighted by atomic mass is 16.5. The Morgan fingerprint density at radius 3 is 2.18 bits per heavy atom. The summed E-state index contributed by atoms with van der Waals surface area (Å²) in [5, 5.41) is 4.70. The Kier molecular flexibility index (Phi) is 7.12. The summed E-state index contributed by atoms with van der Waals surface area (Å²) in [4.78, 5) is 2.31. The maximum atomic E-state index is 6.91. The Morgan fingerprint density at radius 2 is 1.26 bits per heavy atom. The molecule has 1 aromatic heterocycles. The van der Waals surface area contributed by atoms with Crippen LogP contribution in [0, 0.1) is 0 Å². The van der Waals surface area contributed by atoms with Crippen molar-refractivity contribution in [2.75, 3.05) is 4.90 Å². The van der Waals surface area contributed by atoms with Gasteiger partial charge in [-0.05, 0) is 118 Å². The van der Waals surface area contributed by atoms with Gasteiger partial charge in [-0.2, -0.15) is 0 Å². The largest absolute Gasteiger partial charge is 0.458 e. The minimum atomic E-state index is 0.201. The van der Waals surface area contributed by atoms with E-state index in [0.29, 0.717) is 0 Å². The van der Waals surface area contributed by atoms with Crippen LogP contribution < -0.4 is 25.3 Å². The molecule has 12 rings (SSSR count). The minimum absolute atomic E-state index is 0.201. The first-order valence-corrected chi connectivity index (χ1v) is 19.8. The second-order valence-corrected chi connectivity index (χ2v) is 15.2. The zero-order chi connectivity index (χ0) is 37.5. The molecular formula is C52H35BN2O2. The lowest BCUT2D eigenvalue weighted by molar-refractivity contribution is 0.481. The molecule has 0 N–H and O–H groups in total. The lowest BCUT2D eigenvalue weighted by atomic mass is 9.34. The average molecular weight is 731 g/mol. The normalized spacial score (nSPS) is 14.1. The van der Waals surface area contributed by atoms with Crippen molar-refractivity contribution in [1.82, 2.24) is 4.57 Å². The second kappa shape index (κ2) is 12.7. The molecule has 0 bridgehead atoms. The van der Waals surface area contributed by atoms with Crippen molar-refractivity contribution in [3.8, 4) is 39.8 Å². The van der Waals surface area contributed by atoms with Crippen LogP contribution in [0.2, 0.25) is 0 Å². The Balaban J connectivity index is 0.974. The Hall–Kier alpha value is -7.24. The highest BCUT2D eigenvalue weighted by Crippen LogP contribution is 2.54. The molecule has 268 valence electrons. The first-order valence-electron chi connectivity index (χ1n) is 19.8. The molecule has 5 heteroatoms. The highest BCUT2D eigenvalue weighted by molar-refractivity contribution is 6.92. The highest BCUT2D eigenvalue weighted by Gasteiger charge is 2.34. The van der Waals surface area contributed by atoms with Crippen LogP contribution in [-0.4, -0.2) is 11.3 Å². The standard InChI is InChI=1S/C52H35BN2O2/c1-3-13-38(14-4-1)53-43-18-8-11-21-48(43)56-50-33-37(26-29-44(50)53)34-23-24-36-32-40(27-25-35(36)31-34)55-45-19-9-7-17-41(45)42-28-30-47-52(51(42)55)57-49-22-12-10-20-46(49)54(47)39-15-5-2-6-16-39/h1-3,5-13,15-33H,4,14H2. The van der Waals surface area contributed by atoms with E-state index >= 15 is 0 Å². The fraction of sp³-hybridized carbons (Fsp3) is 0.0385. The van der Waals surface area contributed by atoms with Gasteiger partial charge >= 0.3 is 0 Å². The van der Waals surface area contributed by atoms with Gasteiger partial charge in [-0.1, -0.05) is 121 Å². The van der Waals surface area contributed by atoms with E-state index in [1.165, 1.54) is 32.6 Å². The lowest BCUT2D eigenvalue weighted by Crippen LogP contribution is -2.48. The summed E-state index contributed by atoms with van der Waals surface area (Å²) in [5.41, 5.74) is 12.6. The van der Waals surface area contributed by atoms with E-state index in [0.717, 1.165) is 86.1 Å². The van der Waals surface area contributed by atoms with Gasteiger partial charge in [-0.15, -0.1) is 0 Å². The van der Waals surface area contributed by atoms with Gasteiger partial charge in [0.15, 0.2) is 11.5 Å². The molecule has 0 radical (unpaired) electrons. The van der Waals surface area contributed by atoms with Crippen molar-refractivity contribution >= 4 is 67.3 Å². The smallest absolute Gasteiger partial charge is 0.246 e. The monoisotopic (exact) mass is 730 g/mol. The molecule has 9 aromatic rings. The maximum Gasteiger partial charge on any atom is 0.246 e. The molecule has 0 saturated carbocycles. The van der Waals surface area contributed by atoms with E-state index < -0.39 is 0 Å². The van der Waals surface area contributed by atoms with Gasteiger partial charge in [-0.3, -0.25) is 0 Å². The molecule has 2 aliphatic heterocycles. The van der Waals surface area contributed by atoms with Crippen molar-refractivity contribution < 1.29 is 9.47 Å².